The van der Waals surface area contributed by atoms with E-state index in [-0.39, 0.29) is 11.9 Å². The number of ether oxygens (including phenoxy) is 1. The zero-order valence-electron chi connectivity index (χ0n) is 15.6. The highest BCUT2D eigenvalue weighted by molar-refractivity contribution is 5.88. The van der Waals surface area contributed by atoms with Crippen LogP contribution in [0.5, 0.6) is 0 Å². The van der Waals surface area contributed by atoms with Gasteiger partial charge in [0.2, 0.25) is 5.91 Å². The molecule has 28 heavy (non-hydrogen) atoms. The minimum Gasteiger partial charge on any atom is -0.359 e. The van der Waals surface area contributed by atoms with Gasteiger partial charge in [0.25, 0.3) is 0 Å². The Labute approximate surface area is 165 Å². The first-order valence-electron chi connectivity index (χ1n) is 9.56. The third-order valence-electron chi connectivity index (χ3n) is 5.08. The summed E-state index contributed by atoms with van der Waals surface area (Å²) in [4.78, 5) is 11.8. The molecule has 0 unspecified atom stereocenters. The van der Waals surface area contributed by atoms with Crippen LogP contribution >= 0.6 is 0 Å². The van der Waals surface area contributed by atoms with E-state index in [1.807, 2.05) is 60.7 Å². The molecular formula is C25H23NO2. The van der Waals surface area contributed by atoms with Crippen molar-refractivity contribution >= 4 is 5.91 Å². The molecule has 0 radical (unpaired) electrons. The standard InChI is InChI=1S/C25H23NO2/c27-24-18-10-17-23(26-24)19-28-25(20-11-4-1-5-12-20,21-13-6-2-7-14-21)22-15-8-3-9-16-22/h1-16,18,23H,17,19H2,(H,26,27)/t23-/m0/s1. The smallest absolute Gasteiger partial charge is 0.243 e. The van der Waals surface area contributed by atoms with Crippen LogP contribution in [-0.2, 0) is 15.1 Å². The summed E-state index contributed by atoms with van der Waals surface area (Å²) in [6.07, 6.45) is 4.25. The Kier molecular flexibility index (Phi) is 5.36. The summed E-state index contributed by atoms with van der Waals surface area (Å²) in [7, 11) is 0. The van der Waals surface area contributed by atoms with E-state index in [4.69, 9.17) is 4.74 Å². The number of carbonyl (C=O) groups is 1. The minimum atomic E-state index is -0.754. The first-order chi connectivity index (χ1) is 13.8. The maximum Gasteiger partial charge on any atom is 0.243 e. The highest BCUT2D eigenvalue weighted by Gasteiger charge is 2.38. The molecule has 3 nitrogen and oxygen atoms in total. The third kappa shape index (κ3) is 3.62. The van der Waals surface area contributed by atoms with Crippen molar-refractivity contribution in [2.75, 3.05) is 6.61 Å². The predicted octanol–water partition coefficient (Wildman–Crippen LogP) is 4.44. The second-order valence-electron chi connectivity index (χ2n) is 6.93. The number of benzene rings is 3. The molecule has 1 amide bonds. The molecule has 1 atom stereocenters. The number of rotatable bonds is 6. The largest absolute Gasteiger partial charge is 0.359 e. The zero-order valence-corrected chi connectivity index (χ0v) is 15.6. The summed E-state index contributed by atoms with van der Waals surface area (Å²) in [5.74, 6) is -0.0652. The summed E-state index contributed by atoms with van der Waals surface area (Å²) in [5, 5.41) is 2.99. The summed E-state index contributed by atoms with van der Waals surface area (Å²) in [6.45, 7) is 0.411. The Bertz CT molecular complexity index is 839. The number of amides is 1. The van der Waals surface area contributed by atoms with E-state index >= 15 is 0 Å². The number of hydrogen-bond acceptors (Lipinski definition) is 2. The maximum absolute atomic E-state index is 11.8. The molecule has 0 saturated heterocycles. The molecule has 3 heteroatoms. The summed E-state index contributed by atoms with van der Waals surface area (Å²) in [6, 6.07) is 30.8. The molecular weight excluding hydrogens is 346 g/mol. The van der Waals surface area contributed by atoms with E-state index in [9.17, 15) is 4.79 Å². The molecule has 1 heterocycles. The molecule has 1 aliphatic rings. The van der Waals surface area contributed by atoms with Crippen molar-refractivity contribution in [3.05, 3.63) is 120 Å². The molecule has 3 aromatic carbocycles. The molecule has 4 rings (SSSR count). The normalized spacial score (nSPS) is 16.6. The molecule has 1 aliphatic heterocycles. The van der Waals surface area contributed by atoms with Crippen molar-refractivity contribution in [2.24, 2.45) is 0 Å². The third-order valence-corrected chi connectivity index (χ3v) is 5.08. The Hall–Kier alpha value is -3.17. The van der Waals surface area contributed by atoms with Crippen LogP contribution in [-0.4, -0.2) is 18.6 Å². The van der Waals surface area contributed by atoms with Crippen LogP contribution in [0.15, 0.2) is 103 Å². The summed E-state index contributed by atoms with van der Waals surface area (Å²) >= 11 is 0. The van der Waals surface area contributed by atoms with Crippen molar-refractivity contribution < 1.29 is 9.53 Å². The van der Waals surface area contributed by atoms with Crippen molar-refractivity contribution in [3.8, 4) is 0 Å². The Morgan fingerprint density at radius 1 is 0.786 bits per heavy atom. The van der Waals surface area contributed by atoms with E-state index in [1.54, 1.807) is 6.08 Å². The van der Waals surface area contributed by atoms with E-state index in [1.165, 1.54) is 0 Å². The average Bonchev–Trinajstić information content (AvgIpc) is 2.77. The minimum absolute atomic E-state index is 0.0481. The molecule has 3 aromatic rings. The average molecular weight is 369 g/mol. The van der Waals surface area contributed by atoms with Gasteiger partial charge < -0.3 is 10.1 Å². The monoisotopic (exact) mass is 369 g/mol. The van der Waals surface area contributed by atoms with Gasteiger partial charge in [-0.2, -0.15) is 0 Å². The molecule has 0 aliphatic carbocycles. The van der Waals surface area contributed by atoms with Crippen LogP contribution in [0.1, 0.15) is 23.1 Å². The quantitative estimate of drug-likeness (QED) is 0.653. The second kappa shape index (κ2) is 8.24. The Balaban J connectivity index is 1.81. The van der Waals surface area contributed by atoms with Gasteiger partial charge in [-0.3, -0.25) is 4.79 Å². The first-order valence-corrected chi connectivity index (χ1v) is 9.56. The lowest BCUT2D eigenvalue weighted by molar-refractivity contribution is -0.118. The number of carbonyl (C=O) groups excluding carboxylic acids is 1. The van der Waals surface area contributed by atoms with E-state index in [0.29, 0.717) is 6.61 Å². The van der Waals surface area contributed by atoms with E-state index in [0.717, 1.165) is 23.1 Å². The van der Waals surface area contributed by atoms with Crippen LogP contribution in [0.4, 0.5) is 0 Å². The molecule has 0 saturated carbocycles. The van der Waals surface area contributed by atoms with E-state index in [2.05, 4.69) is 41.7 Å². The van der Waals surface area contributed by atoms with Crippen molar-refractivity contribution in [2.45, 2.75) is 18.1 Å². The van der Waals surface area contributed by atoms with Gasteiger partial charge in [0.1, 0.15) is 5.60 Å². The molecule has 140 valence electrons. The van der Waals surface area contributed by atoms with E-state index < -0.39 is 5.60 Å². The van der Waals surface area contributed by atoms with Gasteiger partial charge in [0.15, 0.2) is 0 Å². The van der Waals surface area contributed by atoms with Gasteiger partial charge >= 0.3 is 0 Å². The van der Waals surface area contributed by atoms with Crippen LogP contribution in [0.25, 0.3) is 0 Å². The lowest BCUT2D eigenvalue weighted by Gasteiger charge is -2.37. The fourth-order valence-electron chi connectivity index (χ4n) is 3.75. The fraction of sp³-hybridized carbons (Fsp3) is 0.160. The van der Waals surface area contributed by atoms with Crippen LogP contribution in [0.3, 0.4) is 0 Å². The maximum atomic E-state index is 11.8. The molecule has 0 spiro atoms. The Morgan fingerprint density at radius 2 is 1.25 bits per heavy atom. The van der Waals surface area contributed by atoms with Crippen molar-refractivity contribution in [1.82, 2.24) is 5.32 Å². The lowest BCUT2D eigenvalue weighted by Crippen LogP contribution is -2.43. The topological polar surface area (TPSA) is 38.3 Å². The van der Waals surface area contributed by atoms with Gasteiger partial charge in [-0.15, -0.1) is 0 Å². The van der Waals surface area contributed by atoms with Gasteiger partial charge in [0, 0.05) is 0 Å². The lowest BCUT2D eigenvalue weighted by atomic mass is 9.80. The van der Waals surface area contributed by atoms with Gasteiger partial charge in [-0.05, 0) is 29.2 Å². The SMILES string of the molecule is O=C1C=CC[C@@H](COC(c2ccccc2)(c2ccccc2)c2ccccc2)N1. The van der Waals surface area contributed by atoms with Crippen molar-refractivity contribution in [1.29, 1.82) is 0 Å². The van der Waals surface area contributed by atoms with Gasteiger partial charge in [0.05, 0.1) is 12.6 Å². The zero-order chi connectivity index (χ0) is 19.2. The van der Waals surface area contributed by atoms with Crippen molar-refractivity contribution in [3.63, 3.8) is 0 Å². The first kappa shape index (κ1) is 18.2. The number of hydrogen-bond donors (Lipinski definition) is 1. The second-order valence-corrected chi connectivity index (χ2v) is 6.93. The molecule has 0 fully saturated rings. The molecule has 0 bridgehead atoms. The fourth-order valence-corrected chi connectivity index (χ4v) is 3.75. The van der Waals surface area contributed by atoms with Crippen LogP contribution in [0, 0.1) is 0 Å². The van der Waals surface area contributed by atoms with Gasteiger partial charge in [-0.1, -0.05) is 97.1 Å². The van der Waals surface area contributed by atoms with Crippen LogP contribution in [0.2, 0.25) is 0 Å². The number of nitrogens with one attached hydrogen (secondary N) is 1. The highest BCUT2D eigenvalue weighted by Crippen LogP contribution is 2.40. The Morgan fingerprint density at radius 3 is 1.68 bits per heavy atom. The molecule has 1 N–H and O–H groups in total. The molecule has 0 aromatic heterocycles. The summed E-state index contributed by atoms with van der Waals surface area (Å²) < 4.78 is 6.73. The predicted molar refractivity (Wildman–Crippen MR) is 111 cm³/mol. The summed E-state index contributed by atoms with van der Waals surface area (Å²) in [5.41, 5.74) is 2.43. The van der Waals surface area contributed by atoms with Crippen LogP contribution < -0.4 is 5.32 Å². The van der Waals surface area contributed by atoms with Gasteiger partial charge in [-0.25, -0.2) is 0 Å². The highest BCUT2D eigenvalue weighted by atomic mass is 16.5.